The van der Waals surface area contributed by atoms with Crippen molar-refractivity contribution in [3.05, 3.63) is 0 Å². The van der Waals surface area contributed by atoms with Crippen molar-refractivity contribution in [2.45, 2.75) is 24.4 Å². The van der Waals surface area contributed by atoms with Crippen LogP contribution in [-0.4, -0.2) is 68.3 Å². The summed E-state index contributed by atoms with van der Waals surface area (Å²) < 4.78 is 0. The van der Waals surface area contributed by atoms with Gasteiger partial charge in [0.05, 0.1) is 13.2 Å². The fourth-order valence-corrected chi connectivity index (χ4v) is 0.671. The predicted octanol–water partition coefficient (Wildman–Crippen LogP) is -3.59. The molecule has 0 bridgehead atoms. The third-order valence-corrected chi connectivity index (χ3v) is 1.51. The minimum Gasteiger partial charge on any atom is -0.394 e. The van der Waals surface area contributed by atoms with Crippen LogP contribution in [0.3, 0.4) is 0 Å². The topological polar surface area (TPSA) is 121 Å². The van der Waals surface area contributed by atoms with E-state index in [-0.39, 0.29) is 17.1 Å². The van der Waals surface area contributed by atoms with E-state index in [1.54, 1.807) is 0 Å². The smallest absolute Gasteiger partial charge is 0.111 e. The molecule has 0 heterocycles. The first kappa shape index (κ1) is 15.7. The Morgan fingerprint density at radius 3 is 1.08 bits per heavy atom. The summed E-state index contributed by atoms with van der Waals surface area (Å²) in [7, 11) is 0. The van der Waals surface area contributed by atoms with Crippen LogP contribution in [0.1, 0.15) is 0 Å². The molecule has 0 saturated carbocycles. The van der Waals surface area contributed by atoms with Gasteiger partial charge >= 0.3 is 0 Å². The van der Waals surface area contributed by atoms with Gasteiger partial charge in [-0.2, -0.15) is 0 Å². The molecule has 0 aliphatic heterocycles. The average molecular weight is 246 g/mol. The number of aliphatic hydroxyl groups is 6. The molecule has 0 unspecified atom stereocenters. The summed E-state index contributed by atoms with van der Waals surface area (Å²) in [6.07, 6.45) is -6.39. The molecule has 7 heteroatoms. The average Bonchev–Trinajstić information content (AvgIpc) is 2.12. The molecule has 0 aliphatic rings. The van der Waals surface area contributed by atoms with Gasteiger partial charge in [-0.05, 0) is 0 Å². The summed E-state index contributed by atoms with van der Waals surface area (Å²) >= 11 is 0. The summed E-state index contributed by atoms with van der Waals surface area (Å²) in [6, 6.07) is 0. The van der Waals surface area contributed by atoms with Crippen LogP contribution in [0.25, 0.3) is 0 Å². The molecule has 4 atom stereocenters. The zero-order chi connectivity index (χ0) is 9.72. The Balaban J connectivity index is 0. The van der Waals surface area contributed by atoms with E-state index < -0.39 is 37.6 Å². The van der Waals surface area contributed by atoms with Gasteiger partial charge in [0.1, 0.15) is 24.4 Å². The number of hydrogen-bond donors (Lipinski definition) is 6. The van der Waals surface area contributed by atoms with Crippen LogP contribution in [0.15, 0.2) is 0 Å². The van der Waals surface area contributed by atoms with Crippen LogP contribution in [0.4, 0.5) is 0 Å². The standard InChI is InChI=1S/C6H14O6.Cu/c7-1-3(9)5(11)6(12)4(10)2-8;/h3-12H,1-2H2;/t3-,4+,5-,6-;/m1./s1. The number of aliphatic hydroxyl groups excluding tert-OH is 6. The normalized spacial score (nSPS) is 19.8. The van der Waals surface area contributed by atoms with Crippen molar-refractivity contribution in [3.63, 3.8) is 0 Å². The summed E-state index contributed by atoms with van der Waals surface area (Å²) in [6.45, 7) is -1.45. The second-order valence-electron chi connectivity index (χ2n) is 2.48. The van der Waals surface area contributed by atoms with E-state index in [0.717, 1.165) is 0 Å². The Morgan fingerprint density at radius 1 is 0.692 bits per heavy atom. The monoisotopic (exact) mass is 245 g/mol. The molecule has 0 aromatic carbocycles. The maximum Gasteiger partial charge on any atom is 0.111 e. The number of rotatable bonds is 5. The maximum atomic E-state index is 8.96. The molecule has 0 aromatic rings. The summed E-state index contributed by atoms with van der Waals surface area (Å²) in [5.74, 6) is 0. The van der Waals surface area contributed by atoms with Crippen LogP contribution < -0.4 is 0 Å². The van der Waals surface area contributed by atoms with Gasteiger partial charge in [0.15, 0.2) is 0 Å². The van der Waals surface area contributed by atoms with E-state index in [4.69, 9.17) is 30.6 Å². The maximum absolute atomic E-state index is 8.96. The SMILES string of the molecule is OC[C@@H](O)[C@@H](O)[C@H](O)[C@@H](O)CO.[Cu]. The van der Waals surface area contributed by atoms with Gasteiger partial charge in [-0.3, -0.25) is 0 Å². The third-order valence-electron chi connectivity index (χ3n) is 1.51. The van der Waals surface area contributed by atoms with Crippen LogP contribution >= 0.6 is 0 Å². The van der Waals surface area contributed by atoms with Gasteiger partial charge in [0.25, 0.3) is 0 Å². The number of hydrogen-bond acceptors (Lipinski definition) is 6. The molecule has 85 valence electrons. The van der Waals surface area contributed by atoms with Crippen LogP contribution in [0.2, 0.25) is 0 Å². The molecule has 0 aromatic heterocycles. The van der Waals surface area contributed by atoms with E-state index in [2.05, 4.69) is 0 Å². The van der Waals surface area contributed by atoms with Crippen molar-refractivity contribution in [3.8, 4) is 0 Å². The fraction of sp³-hybridized carbons (Fsp3) is 1.00. The minimum absolute atomic E-state index is 0. The van der Waals surface area contributed by atoms with Crippen LogP contribution in [0, 0.1) is 0 Å². The molecule has 0 amide bonds. The first-order chi connectivity index (χ1) is 5.54. The summed E-state index contributed by atoms with van der Waals surface area (Å²) in [5.41, 5.74) is 0. The Labute approximate surface area is 85.9 Å². The molecule has 1 radical (unpaired) electrons. The Bertz CT molecular complexity index is 110. The molecule has 0 aliphatic carbocycles. The molecular weight excluding hydrogens is 232 g/mol. The van der Waals surface area contributed by atoms with Crippen molar-refractivity contribution in [1.82, 2.24) is 0 Å². The molecule has 0 spiro atoms. The van der Waals surface area contributed by atoms with Crippen molar-refractivity contribution in [2.24, 2.45) is 0 Å². The molecule has 0 saturated heterocycles. The largest absolute Gasteiger partial charge is 0.394 e. The molecule has 6 N–H and O–H groups in total. The second kappa shape index (κ2) is 7.66. The van der Waals surface area contributed by atoms with Crippen LogP contribution in [-0.2, 0) is 17.1 Å². The van der Waals surface area contributed by atoms with Crippen molar-refractivity contribution >= 4 is 0 Å². The molecule has 0 fully saturated rings. The van der Waals surface area contributed by atoms with Crippen molar-refractivity contribution < 1.29 is 47.7 Å². The Kier molecular flexibility index (Phi) is 9.28. The summed E-state index contributed by atoms with van der Waals surface area (Å²) in [5, 5.41) is 52.2. The van der Waals surface area contributed by atoms with Gasteiger partial charge in [-0.15, -0.1) is 0 Å². The van der Waals surface area contributed by atoms with Gasteiger partial charge in [0.2, 0.25) is 0 Å². The second-order valence-corrected chi connectivity index (χ2v) is 2.48. The van der Waals surface area contributed by atoms with Crippen molar-refractivity contribution in [2.75, 3.05) is 13.2 Å². The molecular formula is C6H14CuO6. The molecule has 13 heavy (non-hydrogen) atoms. The first-order valence-electron chi connectivity index (χ1n) is 3.48. The zero-order valence-electron chi connectivity index (χ0n) is 6.71. The van der Waals surface area contributed by atoms with E-state index in [1.807, 2.05) is 0 Å². The van der Waals surface area contributed by atoms with Crippen molar-refractivity contribution in [1.29, 1.82) is 0 Å². The van der Waals surface area contributed by atoms with Gasteiger partial charge in [-0.1, -0.05) is 0 Å². The first-order valence-corrected chi connectivity index (χ1v) is 3.48. The van der Waals surface area contributed by atoms with E-state index in [9.17, 15) is 0 Å². The third kappa shape index (κ3) is 4.90. The molecule has 6 nitrogen and oxygen atoms in total. The quantitative estimate of drug-likeness (QED) is 0.279. The zero-order valence-corrected chi connectivity index (χ0v) is 7.65. The van der Waals surface area contributed by atoms with Gasteiger partial charge in [-0.25, -0.2) is 0 Å². The van der Waals surface area contributed by atoms with E-state index >= 15 is 0 Å². The van der Waals surface area contributed by atoms with E-state index in [0.29, 0.717) is 0 Å². The Morgan fingerprint density at radius 2 is 0.923 bits per heavy atom. The van der Waals surface area contributed by atoms with E-state index in [1.165, 1.54) is 0 Å². The van der Waals surface area contributed by atoms with Gasteiger partial charge in [0, 0.05) is 17.1 Å². The minimum atomic E-state index is -1.67. The van der Waals surface area contributed by atoms with Crippen LogP contribution in [0.5, 0.6) is 0 Å². The fourth-order valence-electron chi connectivity index (χ4n) is 0.671. The Hall–Kier alpha value is 0.279. The summed E-state index contributed by atoms with van der Waals surface area (Å²) in [4.78, 5) is 0. The molecule has 0 rings (SSSR count). The van der Waals surface area contributed by atoms with Gasteiger partial charge < -0.3 is 30.6 Å². The predicted molar refractivity (Wildman–Crippen MR) is 38.2 cm³/mol.